The summed E-state index contributed by atoms with van der Waals surface area (Å²) >= 11 is 0. The van der Waals surface area contributed by atoms with Crippen LogP contribution >= 0.6 is 0 Å². The Labute approximate surface area is 92.8 Å². The molecule has 92 valence electrons. The topological polar surface area (TPSA) is 94.4 Å². The van der Waals surface area contributed by atoms with Crippen LogP contribution in [0.4, 0.5) is 0 Å². The molecular formula is C9H16N2O5. The van der Waals surface area contributed by atoms with E-state index in [9.17, 15) is 10.2 Å². The van der Waals surface area contributed by atoms with Crippen molar-refractivity contribution in [3.63, 3.8) is 0 Å². The molecule has 1 fully saturated rings. The molecule has 5 atom stereocenters. The Hall–Kier alpha value is -0.700. The summed E-state index contributed by atoms with van der Waals surface area (Å²) in [7, 11) is 1.74. The van der Waals surface area contributed by atoms with Gasteiger partial charge in [-0.15, -0.1) is 0 Å². The Balaban J connectivity index is 2.15. The highest BCUT2D eigenvalue weighted by Crippen LogP contribution is 2.26. The van der Waals surface area contributed by atoms with Gasteiger partial charge in [-0.3, -0.25) is 4.84 Å². The number of hydrogen-bond donors (Lipinski definition) is 4. The van der Waals surface area contributed by atoms with Crippen LogP contribution in [0.25, 0.3) is 0 Å². The number of hydrogen-bond acceptors (Lipinski definition) is 7. The number of fused-ring (bicyclic) bond motifs is 1. The van der Waals surface area contributed by atoms with E-state index in [0.29, 0.717) is 0 Å². The van der Waals surface area contributed by atoms with Gasteiger partial charge >= 0.3 is 0 Å². The fraction of sp³-hybridized carbons (Fsp3) is 0.778. The van der Waals surface area contributed by atoms with Gasteiger partial charge in [-0.2, -0.15) is 5.48 Å². The van der Waals surface area contributed by atoms with E-state index in [0.717, 1.165) is 0 Å². The largest absolute Gasteiger partial charge is 0.394 e. The van der Waals surface area contributed by atoms with Crippen LogP contribution in [0.3, 0.4) is 0 Å². The predicted molar refractivity (Wildman–Crippen MR) is 52.7 cm³/mol. The van der Waals surface area contributed by atoms with Gasteiger partial charge in [0.05, 0.1) is 6.61 Å². The first kappa shape index (κ1) is 11.8. The molecule has 7 heteroatoms. The molecule has 0 bridgehead atoms. The van der Waals surface area contributed by atoms with Crippen LogP contribution in [0, 0.1) is 0 Å². The fourth-order valence-corrected chi connectivity index (χ4v) is 1.81. The van der Waals surface area contributed by atoms with Crippen LogP contribution in [0.1, 0.15) is 0 Å². The minimum Gasteiger partial charge on any atom is -0.394 e. The molecule has 2 rings (SSSR count). The lowest BCUT2D eigenvalue weighted by atomic mass is 10.1. The van der Waals surface area contributed by atoms with Crippen molar-refractivity contribution in [2.75, 3.05) is 13.7 Å². The molecule has 0 radical (unpaired) electrons. The van der Waals surface area contributed by atoms with Crippen molar-refractivity contribution in [2.24, 2.45) is 0 Å². The monoisotopic (exact) mass is 232 g/mol. The number of likely N-dealkylation sites (N-methyl/N-ethyl adjacent to an activating group) is 1. The van der Waals surface area contributed by atoms with E-state index < -0.39 is 30.8 Å². The van der Waals surface area contributed by atoms with Crippen LogP contribution < -0.4 is 5.48 Å². The first-order chi connectivity index (χ1) is 7.63. The molecule has 16 heavy (non-hydrogen) atoms. The molecule has 1 saturated heterocycles. The lowest BCUT2D eigenvalue weighted by Gasteiger charge is -2.30. The Morgan fingerprint density at radius 2 is 2.19 bits per heavy atom. The summed E-state index contributed by atoms with van der Waals surface area (Å²) in [6.45, 7) is -0.280. The fourth-order valence-electron chi connectivity index (χ4n) is 1.81. The van der Waals surface area contributed by atoms with Crippen LogP contribution in [0.2, 0.25) is 0 Å². The minimum absolute atomic E-state index is 0.280. The molecule has 2 heterocycles. The highest BCUT2D eigenvalue weighted by molar-refractivity contribution is 4.97. The smallest absolute Gasteiger partial charge is 0.161 e. The van der Waals surface area contributed by atoms with E-state index in [4.69, 9.17) is 14.7 Å². The average Bonchev–Trinajstić information content (AvgIpc) is 2.58. The Morgan fingerprint density at radius 3 is 2.88 bits per heavy atom. The van der Waals surface area contributed by atoms with E-state index in [2.05, 4.69) is 5.48 Å². The molecule has 3 unspecified atom stereocenters. The number of nitrogens with one attached hydrogen (secondary N) is 1. The maximum absolute atomic E-state index is 9.82. The van der Waals surface area contributed by atoms with Crippen LogP contribution in [-0.2, 0) is 9.57 Å². The standard InChI is InChI=1S/C9H16N2O5/c1-11-3-2-6(13)10-16-8-7(14)5(4-12)15-9(8)11/h2-3,5-10,12-14H,4H2,1H3/b3-2-/t5-,6?,7?,8?,9-/m1/s1. The second-order valence-corrected chi connectivity index (χ2v) is 3.89. The highest BCUT2D eigenvalue weighted by atomic mass is 16.7. The van der Waals surface area contributed by atoms with Crippen molar-refractivity contribution < 1.29 is 24.9 Å². The summed E-state index contributed by atoms with van der Waals surface area (Å²) in [6, 6.07) is 0. The number of aliphatic hydroxyl groups excluding tert-OH is 3. The summed E-state index contributed by atoms with van der Waals surface area (Å²) in [4.78, 5) is 6.83. The summed E-state index contributed by atoms with van der Waals surface area (Å²) < 4.78 is 5.44. The highest BCUT2D eigenvalue weighted by Gasteiger charge is 2.46. The van der Waals surface area contributed by atoms with Gasteiger partial charge in [-0.25, -0.2) is 0 Å². The van der Waals surface area contributed by atoms with Gasteiger partial charge in [0, 0.05) is 13.2 Å². The van der Waals surface area contributed by atoms with Crippen LogP contribution in [-0.4, -0.2) is 64.6 Å². The second-order valence-electron chi connectivity index (χ2n) is 3.89. The van der Waals surface area contributed by atoms with Crippen molar-refractivity contribution in [3.8, 4) is 0 Å². The first-order valence-electron chi connectivity index (χ1n) is 5.07. The molecule has 2 aliphatic heterocycles. The number of rotatable bonds is 1. The third-order valence-electron chi connectivity index (χ3n) is 2.72. The Kier molecular flexibility index (Phi) is 3.43. The van der Waals surface area contributed by atoms with Crippen LogP contribution in [0.5, 0.6) is 0 Å². The normalized spacial score (nSPS) is 46.0. The lowest BCUT2D eigenvalue weighted by Crippen LogP contribution is -2.48. The number of ether oxygens (including phenoxy) is 1. The third-order valence-corrected chi connectivity index (χ3v) is 2.72. The molecule has 0 aromatic rings. The van der Waals surface area contributed by atoms with Gasteiger partial charge in [0.15, 0.2) is 12.3 Å². The van der Waals surface area contributed by atoms with Gasteiger partial charge in [0.1, 0.15) is 18.4 Å². The predicted octanol–water partition coefficient (Wildman–Crippen LogP) is -2.27. The molecule has 4 N–H and O–H groups in total. The first-order valence-corrected chi connectivity index (χ1v) is 5.07. The van der Waals surface area contributed by atoms with Crippen molar-refractivity contribution in [1.29, 1.82) is 0 Å². The van der Waals surface area contributed by atoms with Crippen LogP contribution in [0.15, 0.2) is 12.3 Å². The Bertz CT molecular complexity index is 275. The maximum atomic E-state index is 9.82. The van der Waals surface area contributed by atoms with E-state index in [-0.39, 0.29) is 6.61 Å². The number of hydroxylamine groups is 1. The van der Waals surface area contributed by atoms with E-state index in [1.807, 2.05) is 0 Å². The van der Waals surface area contributed by atoms with Crippen molar-refractivity contribution in [3.05, 3.63) is 12.3 Å². The van der Waals surface area contributed by atoms with Crippen molar-refractivity contribution in [2.45, 2.75) is 30.8 Å². The molecular weight excluding hydrogens is 216 g/mol. The molecule has 2 aliphatic rings. The molecule has 0 spiro atoms. The van der Waals surface area contributed by atoms with Crippen molar-refractivity contribution >= 4 is 0 Å². The van der Waals surface area contributed by atoms with Gasteiger partial charge in [0.25, 0.3) is 0 Å². The quantitative estimate of drug-likeness (QED) is 0.405. The molecule has 0 saturated carbocycles. The van der Waals surface area contributed by atoms with E-state index in [1.165, 1.54) is 6.08 Å². The molecule has 0 aromatic heterocycles. The molecule has 0 amide bonds. The lowest BCUT2D eigenvalue weighted by molar-refractivity contribution is -0.151. The van der Waals surface area contributed by atoms with Gasteiger partial charge in [0.2, 0.25) is 0 Å². The molecule has 0 aliphatic carbocycles. The van der Waals surface area contributed by atoms with Crippen molar-refractivity contribution in [1.82, 2.24) is 10.4 Å². The van der Waals surface area contributed by atoms with E-state index in [1.54, 1.807) is 18.1 Å². The molecule has 0 aromatic carbocycles. The zero-order chi connectivity index (χ0) is 11.7. The minimum atomic E-state index is -0.941. The summed E-state index contributed by atoms with van der Waals surface area (Å²) in [5, 5.41) is 28.2. The van der Waals surface area contributed by atoms with E-state index >= 15 is 0 Å². The summed E-state index contributed by atoms with van der Waals surface area (Å²) in [6.07, 6.45) is -0.608. The van der Waals surface area contributed by atoms with Gasteiger partial charge in [-0.05, 0) is 6.08 Å². The second kappa shape index (κ2) is 4.66. The third kappa shape index (κ3) is 2.05. The summed E-state index contributed by atoms with van der Waals surface area (Å²) in [5.74, 6) is 0. The van der Waals surface area contributed by atoms with Gasteiger partial charge < -0.3 is 25.0 Å². The average molecular weight is 232 g/mol. The zero-order valence-electron chi connectivity index (χ0n) is 8.85. The zero-order valence-corrected chi connectivity index (χ0v) is 8.85. The Morgan fingerprint density at radius 1 is 1.44 bits per heavy atom. The van der Waals surface area contributed by atoms with Gasteiger partial charge in [-0.1, -0.05) is 0 Å². The number of aliphatic hydroxyl groups is 3. The molecule has 7 nitrogen and oxygen atoms in total. The maximum Gasteiger partial charge on any atom is 0.161 e. The number of nitrogens with zero attached hydrogens (tertiary/aromatic N) is 1. The summed E-state index contributed by atoms with van der Waals surface area (Å²) in [5.41, 5.74) is 2.37. The SMILES string of the molecule is CN1/C=C\C(O)NOC2C(O)[C@@H](CO)O[C@H]21.